The summed E-state index contributed by atoms with van der Waals surface area (Å²) < 4.78 is 19.9. The van der Waals surface area contributed by atoms with Crippen LogP contribution in [0.5, 0.6) is 0 Å². The normalized spacial score (nSPS) is 11.2. The van der Waals surface area contributed by atoms with Crippen LogP contribution < -0.4 is 0 Å². The van der Waals surface area contributed by atoms with Gasteiger partial charge in [0.25, 0.3) is 0 Å². The second kappa shape index (κ2) is 6.99. The Bertz CT molecular complexity index is 904. The van der Waals surface area contributed by atoms with Gasteiger partial charge in [-0.15, -0.1) is 10.2 Å². The minimum Gasteiger partial charge on any atom is -0.466 e. The highest BCUT2D eigenvalue weighted by molar-refractivity contribution is 5.74. The van der Waals surface area contributed by atoms with Gasteiger partial charge in [0.2, 0.25) is 0 Å². The number of benzene rings is 1. The topological polar surface area (TPSA) is 68.3 Å². The number of ether oxygens (including phenoxy) is 1. The predicted octanol–water partition coefficient (Wildman–Crippen LogP) is 3.99. The number of esters is 1. The largest absolute Gasteiger partial charge is 0.466 e. The molecule has 2 aromatic heterocycles. The maximum atomic E-state index is 13.2. The molecule has 24 heavy (non-hydrogen) atoms. The van der Waals surface area contributed by atoms with Gasteiger partial charge in [0, 0.05) is 12.3 Å². The zero-order valence-electron chi connectivity index (χ0n) is 13.0. The van der Waals surface area contributed by atoms with Crippen LogP contribution in [0, 0.1) is 5.82 Å². The Morgan fingerprint density at radius 3 is 2.92 bits per heavy atom. The number of aromatic nitrogens is 2. The molecular formula is C17H15FN4O2. The van der Waals surface area contributed by atoms with E-state index in [2.05, 4.69) is 15.2 Å². The molecule has 0 amide bonds. The minimum atomic E-state index is -0.392. The van der Waals surface area contributed by atoms with E-state index in [1.807, 2.05) is 12.1 Å². The van der Waals surface area contributed by atoms with Crippen molar-refractivity contribution >= 4 is 23.1 Å². The summed E-state index contributed by atoms with van der Waals surface area (Å²) in [7, 11) is 0. The molecule has 0 aliphatic carbocycles. The zero-order chi connectivity index (χ0) is 16.9. The Morgan fingerprint density at radius 2 is 2.12 bits per heavy atom. The Morgan fingerprint density at radius 1 is 1.25 bits per heavy atom. The van der Waals surface area contributed by atoms with E-state index in [0.29, 0.717) is 29.5 Å². The van der Waals surface area contributed by atoms with Gasteiger partial charge in [0.1, 0.15) is 11.5 Å². The van der Waals surface area contributed by atoms with E-state index in [9.17, 15) is 9.18 Å². The van der Waals surface area contributed by atoms with E-state index in [1.165, 1.54) is 12.1 Å². The molecule has 3 aromatic rings. The molecule has 0 N–H and O–H groups in total. The monoisotopic (exact) mass is 326 g/mol. The third-order valence-corrected chi connectivity index (χ3v) is 3.26. The van der Waals surface area contributed by atoms with E-state index in [0.717, 1.165) is 0 Å². The number of pyridine rings is 1. The minimum absolute atomic E-state index is 0.00692. The molecule has 0 atom stereocenters. The Kier molecular flexibility index (Phi) is 4.60. The number of carbonyl (C=O) groups is 1. The van der Waals surface area contributed by atoms with Crippen molar-refractivity contribution in [3.63, 3.8) is 0 Å². The van der Waals surface area contributed by atoms with Crippen molar-refractivity contribution in [1.29, 1.82) is 0 Å². The summed E-state index contributed by atoms with van der Waals surface area (Å²) in [5.74, 6) is -0.359. The van der Waals surface area contributed by atoms with Crippen molar-refractivity contribution in [3.8, 4) is 0 Å². The van der Waals surface area contributed by atoms with Gasteiger partial charge in [0.05, 0.1) is 24.4 Å². The molecule has 0 aliphatic heterocycles. The fourth-order valence-corrected chi connectivity index (χ4v) is 2.25. The molecule has 7 heteroatoms. The number of nitrogens with zero attached hydrogens (tertiary/aromatic N) is 4. The van der Waals surface area contributed by atoms with Crippen LogP contribution in [0.25, 0.3) is 5.65 Å². The maximum absolute atomic E-state index is 13.2. The molecule has 1 aromatic carbocycles. The van der Waals surface area contributed by atoms with Crippen molar-refractivity contribution in [2.24, 2.45) is 10.2 Å². The summed E-state index contributed by atoms with van der Waals surface area (Å²) in [6.07, 6.45) is 1.77. The first-order valence-electron chi connectivity index (χ1n) is 7.46. The summed E-state index contributed by atoms with van der Waals surface area (Å²) in [4.78, 5) is 16.2. The lowest BCUT2D eigenvalue weighted by Crippen LogP contribution is -2.07. The van der Waals surface area contributed by atoms with Gasteiger partial charge in [0.15, 0.2) is 5.82 Å². The molecule has 2 heterocycles. The van der Waals surface area contributed by atoms with E-state index in [-0.39, 0.29) is 12.4 Å². The highest BCUT2D eigenvalue weighted by Crippen LogP contribution is 2.25. The Hall–Kier alpha value is -3.09. The lowest BCUT2D eigenvalue weighted by atomic mass is 10.3. The van der Waals surface area contributed by atoms with Crippen LogP contribution in [0.4, 0.5) is 15.9 Å². The number of hydrogen-bond acceptors (Lipinski definition) is 5. The van der Waals surface area contributed by atoms with Gasteiger partial charge < -0.3 is 4.74 Å². The van der Waals surface area contributed by atoms with Crippen molar-refractivity contribution in [3.05, 3.63) is 60.2 Å². The number of carbonyl (C=O) groups excluding carboxylic acids is 1. The summed E-state index contributed by atoms with van der Waals surface area (Å²) in [5, 5.41) is 8.22. The molecule has 0 saturated heterocycles. The van der Waals surface area contributed by atoms with Gasteiger partial charge in [-0.2, -0.15) is 0 Å². The first kappa shape index (κ1) is 15.8. The molecule has 122 valence electrons. The second-order valence-corrected chi connectivity index (χ2v) is 4.97. The molecule has 3 rings (SSSR count). The molecule has 0 radical (unpaired) electrons. The molecule has 0 unspecified atom stereocenters. The Balaban J connectivity index is 1.99. The van der Waals surface area contributed by atoms with Gasteiger partial charge >= 0.3 is 5.97 Å². The summed E-state index contributed by atoms with van der Waals surface area (Å²) in [6, 6.07) is 11.3. The van der Waals surface area contributed by atoms with E-state index in [1.54, 1.807) is 35.7 Å². The average Bonchev–Trinajstić information content (AvgIpc) is 2.90. The lowest BCUT2D eigenvalue weighted by Gasteiger charge is -2.00. The third-order valence-electron chi connectivity index (χ3n) is 3.26. The number of azo groups is 1. The van der Waals surface area contributed by atoms with Crippen molar-refractivity contribution < 1.29 is 13.9 Å². The van der Waals surface area contributed by atoms with Crippen LogP contribution in [0.2, 0.25) is 0 Å². The third kappa shape index (κ3) is 3.45. The average molecular weight is 326 g/mol. The highest BCUT2D eigenvalue weighted by atomic mass is 19.1. The van der Waals surface area contributed by atoms with Crippen LogP contribution in [0.15, 0.2) is 58.9 Å². The van der Waals surface area contributed by atoms with Crippen molar-refractivity contribution in [2.75, 3.05) is 6.61 Å². The number of halogens is 1. The molecule has 0 spiro atoms. The molecule has 6 nitrogen and oxygen atoms in total. The highest BCUT2D eigenvalue weighted by Gasteiger charge is 2.16. The van der Waals surface area contributed by atoms with Crippen LogP contribution in [0.1, 0.15) is 12.6 Å². The first-order valence-corrected chi connectivity index (χ1v) is 7.46. The molecular weight excluding hydrogens is 311 g/mol. The second-order valence-electron chi connectivity index (χ2n) is 4.97. The van der Waals surface area contributed by atoms with Crippen LogP contribution >= 0.6 is 0 Å². The SMILES string of the molecule is CCOC(=O)Cc1nc2ccccn2c1N=Nc1cccc(F)c1. The van der Waals surface area contributed by atoms with Crippen molar-refractivity contribution in [1.82, 2.24) is 9.38 Å². The van der Waals surface area contributed by atoms with Gasteiger partial charge in [-0.1, -0.05) is 12.1 Å². The molecule has 0 fully saturated rings. The molecule has 0 bridgehead atoms. The number of rotatable bonds is 5. The molecule has 0 aliphatic rings. The summed E-state index contributed by atoms with van der Waals surface area (Å²) in [6.45, 7) is 2.04. The quantitative estimate of drug-likeness (QED) is 0.526. The van der Waals surface area contributed by atoms with E-state index < -0.39 is 5.82 Å². The number of imidazole rings is 1. The Labute approximate surface area is 137 Å². The van der Waals surface area contributed by atoms with Crippen molar-refractivity contribution in [2.45, 2.75) is 13.3 Å². The maximum Gasteiger partial charge on any atom is 0.312 e. The van der Waals surface area contributed by atoms with Gasteiger partial charge in [-0.05, 0) is 31.2 Å². The first-order chi connectivity index (χ1) is 11.7. The van der Waals surface area contributed by atoms with E-state index in [4.69, 9.17) is 4.74 Å². The van der Waals surface area contributed by atoms with Crippen LogP contribution in [0.3, 0.4) is 0 Å². The fourth-order valence-electron chi connectivity index (χ4n) is 2.25. The van der Waals surface area contributed by atoms with E-state index >= 15 is 0 Å². The smallest absolute Gasteiger partial charge is 0.312 e. The van der Waals surface area contributed by atoms with Gasteiger partial charge in [-0.3, -0.25) is 9.20 Å². The summed E-state index contributed by atoms with van der Waals surface area (Å²) >= 11 is 0. The standard InChI is InChI=1S/C17H15FN4O2/c1-2-24-16(23)11-14-17(22-9-4-3-8-15(22)19-14)21-20-13-7-5-6-12(18)10-13/h3-10H,2,11H2,1H3. The number of fused-ring (bicyclic) bond motifs is 1. The predicted molar refractivity (Wildman–Crippen MR) is 86.1 cm³/mol. The fraction of sp³-hybridized carbons (Fsp3) is 0.176. The van der Waals surface area contributed by atoms with Crippen LogP contribution in [-0.4, -0.2) is 22.0 Å². The zero-order valence-corrected chi connectivity index (χ0v) is 13.0. The van der Waals surface area contributed by atoms with Crippen LogP contribution in [-0.2, 0) is 16.0 Å². The van der Waals surface area contributed by atoms with Gasteiger partial charge in [-0.25, -0.2) is 9.37 Å². The lowest BCUT2D eigenvalue weighted by molar-refractivity contribution is -0.142. The summed E-state index contributed by atoms with van der Waals surface area (Å²) in [5.41, 5.74) is 1.48. The number of hydrogen-bond donors (Lipinski definition) is 0. The molecule has 0 saturated carbocycles.